The third kappa shape index (κ3) is 3.90. The summed E-state index contributed by atoms with van der Waals surface area (Å²) in [6.45, 7) is 5.43. The van der Waals surface area contributed by atoms with Crippen LogP contribution in [-0.4, -0.2) is 39.8 Å². The number of carbonyl (C=O) groups excluding carboxylic acids is 3. The molecule has 8 heteroatoms. The average molecular weight is 437 g/mol. The van der Waals surface area contributed by atoms with Gasteiger partial charge in [0.1, 0.15) is 17.1 Å². The van der Waals surface area contributed by atoms with Crippen molar-refractivity contribution in [2.75, 3.05) is 11.9 Å². The molecule has 4 rings (SSSR count). The van der Waals surface area contributed by atoms with Crippen LogP contribution in [0.2, 0.25) is 0 Å². The van der Waals surface area contributed by atoms with Gasteiger partial charge >= 0.3 is 6.03 Å². The third-order valence-corrected chi connectivity index (χ3v) is 6.78. The summed E-state index contributed by atoms with van der Waals surface area (Å²) in [6, 6.07) is 13.0. The molecule has 0 bridgehead atoms. The smallest absolute Gasteiger partial charge is 0.325 e. The third-order valence-electron chi connectivity index (χ3n) is 5.71. The highest BCUT2D eigenvalue weighted by Gasteiger charge is 2.49. The summed E-state index contributed by atoms with van der Waals surface area (Å²) in [7, 11) is 0. The summed E-state index contributed by atoms with van der Waals surface area (Å²) >= 11 is 1.62. The Hall–Kier alpha value is -3.26. The van der Waals surface area contributed by atoms with Gasteiger partial charge < -0.3 is 10.6 Å². The number of anilines is 1. The first-order valence-corrected chi connectivity index (χ1v) is 11.1. The second-order valence-electron chi connectivity index (χ2n) is 7.73. The Bertz CT molecular complexity index is 1170. The van der Waals surface area contributed by atoms with E-state index in [4.69, 9.17) is 0 Å². The molecule has 1 aliphatic rings. The van der Waals surface area contributed by atoms with Gasteiger partial charge in [0.15, 0.2) is 0 Å². The van der Waals surface area contributed by atoms with Crippen LogP contribution < -0.4 is 10.6 Å². The standard InChI is InChI=1S/C23H24N4O3S/c1-4-23(5-2)21(29)27(22(30)26-23)13-19(28)24-16-9-7-15(8-10-16)20-25-17-11-6-14(3)12-18(17)31-20/h6-12H,4-5,13H2,1-3H3,(H,24,28)(H,26,30). The number of urea groups is 1. The molecule has 0 unspecified atom stereocenters. The number of thiazole rings is 1. The van der Waals surface area contributed by atoms with E-state index >= 15 is 0 Å². The van der Waals surface area contributed by atoms with Gasteiger partial charge in [-0.25, -0.2) is 9.78 Å². The molecule has 1 saturated heterocycles. The molecular formula is C23H24N4O3S. The maximum Gasteiger partial charge on any atom is 0.325 e. The fraction of sp³-hybridized carbons (Fsp3) is 0.304. The quantitative estimate of drug-likeness (QED) is 0.563. The monoisotopic (exact) mass is 436 g/mol. The van der Waals surface area contributed by atoms with Crippen LogP contribution in [0.1, 0.15) is 32.3 Å². The van der Waals surface area contributed by atoms with Crippen molar-refractivity contribution in [3.8, 4) is 10.6 Å². The van der Waals surface area contributed by atoms with E-state index in [1.165, 1.54) is 5.56 Å². The summed E-state index contributed by atoms with van der Waals surface area (Å²) in [5, 5.41) is 6.39. The van der Waals surface area contributed by atoms with Crippen molar-refractivity contribution in [1.82, 2.24) is 15.2 Å². The topological polar surface area (TPSA) is 91.4 Å². The maximum atomic E-state index is 12.6. The lowest BCUT2D eigenvalue weighted by molar-refractivity contribution is -0.134. The minimum Gasteiger partial charge on any atom is -0.325 e. The molecule has 3 aromatic rings. The van der Waals surface area contributed by atoms with Crippen LogP contribution in [0.15, 0.2) is 42.5 Å². The van der Waals surface area contributed by atoms with Crippen molar-refractivity contribution in [3.63, 3.8) is 0 Å². The number of aromatic nitrogens is 1. The zero-order valence-electron chi connectivity index (χ0n) is 17.7. The Morgan fingerprint density at radius 1 is 1.13 bits per heavy atom. The number of amides is 4. The fourth-order valence-corrected chi connectivity index (χ4v) is 4.81. The van der Waals surface area contributed by atoms with Gasteiger partial charge in [-0.05, 0) is 61.7 Å². The van der Waals surface area contributed by atoms with Gasteiger partial charge in [-0.1, -0.05) is 19.9 Å². The van der Waals surface area contributed by atoms with Gasteiger partial charge in [0.25, 0.3) is 5.91 Å². The first kappa shape index (κ1) is 21.0. The molecule has 1 fully saturated rings. The summed E-state index contributed by atoms with van der Waals surface area (Å²) in [5.41, 5.74) is 2.80. The highest BCUT2D eigenvalue weighted by molar-refractivity contribution is 7.21. The number of hydrogen-bond acceptors (Lipinski definition) is 5. The van der Waals surface area contributed by atoms with E-state index in [9.17, 15) is 14.4 Å². The van der Waals surface area contributed by atoms with Gasteiger partial charge in [-0.15, -0.1) is 11.3 Å². The zero-order valence-corrected chi connectivity index (χ0v) is 18.5. The molecule has 0 spiro atoms. The molecule has 2 N–H and O–H groups in total. The Morgan fingerprint density at radius 2 is 1.84 bits per heavy atom. The van der Waals surface area contributed by atoms with Crippen LogP contribution in [0.4, 0.5) is 10.5 Å². The first-order valence-electron chi connectivity index (χ1n) is 10.3. The summed E-state index contributed by atoms with van der Waals surface area (Å²) in [6.07, 6.45) is 0.970. The number of carbonyl (C=O) groups is 3. The Kier molecular flexibility index (Phi) is 5.49. The molecule has 0 saturated carbocycles. The van der Waals surface area contributed by atoms with Crippen molar-refractivity contribution >= 4 is 45.1 Å². The highest BCUT2D eigenvalue weighted by atomic mass is 32.1. The largest absolute Gasteiger partial charge is 0.325 e. The van der Waals surface area contributed by atoms with E-state index in [0.29, 0.717) is 18.5 Å². The Labute approximate surface area is 184 Å². The molecule has 0 radical (unpaired) electrons. The van der Waals surface area contributed by atoms with Crippen molar-refractivity contribution in [1.29, 1.82) is 0 Å². The molecule has 2 aromatic carbocycles. The lowest BCUT2D eigenvalue weighted by atomic mass is 9.93. The van der Waals surface area contributed by atoms with E-state index in [2.05, 4.69) is 28.6 Å². The van der Waals surface area contributed by atoms with Crippen molar-refractivity contribution < 1.29 is 14.4 Å². The number of fused-ring (bicyclic) bond motifs is 1. The zero-order chi connectivity index (χ0) is 22.2. The van der Waals surface area contributed by atoms with Gasteiger partial charge in [-0.2, -0.15) is 0 Å². The Balaban J connectivity index is 1.43. The molecule has 31 heavy (non-hydrogen) atoms. The normalized spacial score (nSPS) is 15.4. The van der Waals surface area contributed by atoms with Crippen LogP contribution in [0.5, 0.6) is 0 Å². The van der Waals surface area contributed by atoms with Crippen LogP contribution in [0.25, 0.3) is 20.8 Å². The second kappa shape index (κ2) is 8.11. The number of nitrogens with zero attached hydrogens (tertiary/aromatic N) is 2. The molecule has 1 aromatic heterocycles. The van der Waals surface area contributed by atoms with E-state index in [0.717, 1.165) is 25.7 Å². The van der Waals surface area contributed by atoms with Crippen LogP contribution >= 0.6 is 11.3 Å². The van der Waals surface area contributed by atoms with E-state index < -0.39 is 17.5 Å². The van der Waals surface area contributed by atoms with E-state index in [1.54, 1.807) is 23.5 Å². The van der Waals surface area contributed by atoms with Gasteiger partial charge in [0, 0.05) is 11.3 Å². The predicted octanol–water partition coefficient (Wildman–Crippen LogP) is 4.32. The van der Waals surface area contributed by atoms with Crippen molar-refractivity contribution in [2.45, 2.75) is 39.2 Å². The maximum absolute atomic E-state index is 12.6. The molecule has 2 heterocycles. The van der Waals surface area contributed by atoms with E-state index in [-0.39, 0.29) is 12.5 Å². The van der Waals surface area contributed by atoms with Crippen LogP contribution in [0, 0.1) is 6.92 Å². The fourth-order valence-electron chi connectivity index (χ4n) is 3.74. The molecule has 160 valence electrons. The number of benzene rings is 2. The molecule has 4 amide bonds. The second-order valence-corrected chi connectivity index (χ2v) is 8.76. The van der Waals surface area contributed by atoms with Crippen LogP contribution in [0.3, 0.4) is 0 Å². The minimum absolute atomic E-state index is 0.314. The van der Waals surface area contributed by atoms with Crippen LogP contribution in [-0.2, 0) is 9.59 Å². The number of hydrogen-bond donors (Lipinski definition) is 2. The molecule has 1 aliphatic heterocycles. The van der Waals surface area contributed by atoms with E-state index in [1.807, 2.05) is 38.1 Å². The summed E-state index contributed by atoms with van der Waals surface area (Å²) in [4.78, 5) is 43.0. The van der Waals surface area contributed by atoms with Gasteiger partial charge in [0.05, 0.1) is 10.2 Å². The molecular weight excluding hydrogens is 412 g/mol. The SMILES string of the molecule is CCC1(CC)NC(=O)N(CC(=O)Nc2ccc(-c3nc4ccc(C)cc4s3)cc2)C1=O. The number of rotatable bonds is 6. The highest BCUT2D eigenvalue weighted by Crippen LogP contribution is 2.31. The lowest BCUT2D eigenvalue weighted by Gasteiger charge is -2.23. The predicted molar refractivity (Wildman–Crippen MR) is 122 cm³/mol. The van der Waals surface area contributed by atoms with Crippen molar-refractivity contribution in [3.05, 3.63) is 48.0 Å². The Morgan fingerprint density at radius 3 is 2.48 bits per heavy atom. The number of imide groups is 1. The van der Waals surface area contributed by atoms with Crippen molar-refractivity contribution in [2.24, 2.45) is 0 Å². The summed E-state index contributed by atoms with van der Waals surface area (Å²) in [5.74, 6) is -0.770. The summed E-state index contributed by atoms with van der Waals surface area (Å²) < 4.78 is 1.14. The molecule has 0 atom stereocenters. The van der Waals surface area contributed by atoms with Gasteiger partial charge in [0.2, 0.25) is 5.91 Å². The lowest BCUT2D eigenvalue weighted by Crippen LogP contribution is -2.46. The number of aryl methyl sites for hydroxylation is 1. The molecule has 0 aliphatic carbocycles. The number of nitrogens with one attached hydrogen (secondary N) is 2. The minimum atomic E-state index is -0.908. The molecule has 7 nitrogen and oxygen atoms in total. The first-order chi connectivity index (χ1) is 14.8. The average Bonchev–Trinajstić information content (AvgIpc) is 3.28. The van der Waals surface area contributed by atoms with Gasteiger partial charge in [-0.3, -0.25) is 14.5 Å².